The van der Waals surface area contributed by atoms with Crippen LogP contribution >= 0.6 is 0 Å². The summed E-state index contributed by atoms with van der Waals surface area (Å²) < 4.78 is 2.07. The van der Waals surface area contributed by atoms with Crippen LogP contribution in [-0.2, 0) is 13.6 Å². The summed E-state index contributed by atoms with van der Waals surface area (Å²) in [6.45, 7) is 13.3. The predicted molar refractivity (Wildman–Crippen MR) is 85.1 cm³/mol. The van der Waals surface area contributed by atoms with Crippen molar-refractivity contribution in [2.45, 2.75) is 47.1 Å². The van der Waals surface area contributed by atoms with Crippen molar-refractivity contribution < 1.29 is 0 Å². The van der Waals surface area contributed by atoms with Gasteiger partial charge in [-0.3, -0.25) is 4.68 Å². The van der Waals surface area contributed by atoms with Crippen molar-refractivity contribution >= 4 is 5.82 Å². The third-order valence-electron chi connectivity index (χ3n) is 4.33. The Kier molecular flexibility index (Phi) is 5.08. The maximum atomic E-state index is 4.64. The highest BCUT2D eigenvalue weighted by Gasteiger charge is 2.26. The second-order valence-corrected chi connectivity index (χ2v) is 6.54. The Hall–Kier alpha value is -1.03. The Labute approximate surface area is 123 Å². The average molecular weight is 278 g/mol. The van der Waals surface area contributed by atoms with Crippen molar-refractivity contribution in [1.82, 2.24) is 15.1 Å². The molecular formula is C16H30N4. The summed E-state index contributed by atoms with van der Waals surface area (Å²) in [7, 11) is 2.08. The van der Waals surface area contributed by atoms with Crippen LogP contribution in [0.25, 0.3) is 0 Å². The van der Waals surface area contributed by atoms with Crippen molar-refractivity contribution in [3.8, 4) is 0 Å². The number of nitrogens with one attached hydrogen (secondary N) is 1. The number of hydrogen-bond donors (Lipinski definition) is 1. The zero-order valence-electron chi connectivity index (χ0n) is 13.7. The molecule has 1 N–H and O–H groups in total. The van der Waals surface area contributed by atoms with Crippen molar-refractivity contribution in [2.24, 2.45) is 18.9 Å². The van der Waals surface area contributed by atoms with Gasteiger partial charge in [0.25, 0.3) is 0 Å². The van der Waals surface area contributed by atoms with Gasteiger partial charge >= 0.3 is 0 Å². The molecule has 0 radical (unpaired) electrons. The molecule has 1 atom stereocenters. The monoisotopic (exact) mass is 278 g/mol. The normalized spacial score (nSPS) is 19.3. The molecule has 114 valence electrons. The molecule has 1 fully saturated rings. The first-order valence-electron chi connectivity index (χ1n) is 8.01. The van der Waals surface area contributed by atoms with E-state index in [4.69, 9.17) is 0 Å². The van der Waals surface area contributed by atoms with E-state index in [9.17, 15) is 0 Å². The van der Waals surface area contributed by atoms with E-state index in [0.29, 0.717) is 5.92 Å². The van der Waals surface area contributed by atoms with Gasteiger partial charge in [-0.15, -0.1) is 0 Å². The van der Waals surface area contributed by atoms with Crippen LogP contribution in [0.2, 0.25) is 0 Å². The predicted octanol–water partition coefficient (Wildman–Crippen LogP) is 2.71. The van der Waals surface area contributed by atoms with E-state index < -0.39 is 0 Å². The molecule has 0 saturated carbocycles. The van der Waals surface area contributed by atoms with Crippen LogP contribution in [0.3, 0.4) is 0 Å². The number of rotatable bonds is 6. The van der Waals surface area contributed by atoms with Gasteiger partial charge in [0.2, 0.25) is 0 Å². The van der Waals surface area contributed by atoms with Gasteiger partial charge in [-0.1, -0.05) is 27.2 Å². The maximum Gasteiger partial charge on any atom is 0.131 e. The van der Waals surface area contributed by atoms with Gasteiger partial charge in [-0.2, -0.15) is 5.10 Å². The highest BCUT2D eigenvalue weighted by molar-refractivity contribution is 5.51. The Bertz CT molecular complexity index is 436. The van der Waals surface area contributed by atoms with Gasteiger partial charge in [-0.25, -0.2) is 0 Å². The minimum Gasteiger partial charge on any atom is -0.356 e. The lowest BCUT2D eigenvalue weighted by molar-refractivity contribution is 0.550. The zero-order valence-corrected chi connectivity index (χ0v) is 13.7. The first-order valence-corrected chi connectivity index (χ1v) is 8.01. The largest absolute Gasteiger partial charge is 0.356 e. The second kappa shape index (κ2) is 6.61. The summed E-state index contributed by atoms with van der Waals surface area (Å²) >= 11 is 0. The number of hydrogen-bond acceptors (Lipinski definition) is 3. The van der Waals surface area contributed by atoms with Crippen LogP contribution in [0.4, 0.5) is 5.82 Å². The molecule has 1 aliphatic rings. The van der Waals surface area contributed by atoms with E-state index in [2.05, 4.69) is 54.7 Å². The molecule has 1 aromatic heterocycles. The topological polar surface area (TPSA) is 33.1 Å². The van der Waals surface area contributed by atoms with Gasteiger partial charge in [0.05, 0.1) is 5.69 Å². The van der Waals surface area contributed by atoms with Crippen molar-refractivity contribution in [1.29, 1.82) is 0 Å². The van der Waals surface area contributed by atoms with Crippen LogP contribution in [-0.4, -0.2) is 29.4 Å². The van der Waals surface area contributed by atoms with Crippen LogP contribution < -0.4 is 10.2 Å². The van der Waals surface area contributed by atoms with E-state index in [1.54, 1.807) is 0 Å². The fourth-order valence-electron chi connectivity index (χ4n) is 3.14. The number of aryl methyl sites for hydroxylation is 2. The first kappa shape index (κ1) is 15.4. The summed E-state index contributed by atoms with van der Waals surface area (Å²) in [6, 6.07) is 0. The fraction of sp³-hybridized carbons (Fsp3) is 0.812. The second-order valence-electron chi connectivity index (χ2n) is 6.54. The summed E-state index contributed by atoms with van der Waals surface area (Å²) in [5, 5.41) is 8.20. The molecule has 0 amide bonds. The van der Waals surface area contributed by atoms with E-state index in [1.165, 1.54) is 43.0 Å². The van der Waals surface area contributed by atoms with Crippen molar-refractivity contribution in [3.63, 3.8) is 0 Å². The van der Waals surface area contributed by atoms with Crippen molar-refractivity contribution in [2.75, 3.05) is 24.5 Å². The standard InChI is InChI=1S/C16H30N4/c1-6-14-7-8-20(11-14)16-15(10-17-9-12(2)3)13(4)18-19(16)5/h12,14,17H,6-11H2,1-5H3. The van der Waals surface area contributed by atoms with Crippen LogP contribution in [0.15, 0.2) is 0 Å². The molecule has 0 bridgehead atoms. The molecule has 1 unspecified atom stereocenters. The Balaban J connectivity index is 2.11. The molecule has 2 heterocycles. The maximum absolute atomic E-state index is 4.64. The van der Waals surface area contributed by atoms with E-state index in [-0.39, 0.29) is 0 Å². The number of anilines is 1. The minimum atomic E-state index is 0.687. The van der Waals surface area contributed by atoms with Gasteiger partial charge in [-0.05, 0) is 31.7 Å². The van der Waals surface area contributed by atoms with E-state index in [0.717, 1.165) is 19.0 Å². The van der Waals surface area contributed by atoms with Gasteiger partial charge in [0, 0.05) is 32.2 Å². The number of nitrogens with zero attached hydrogens (tertiary/aromatic N) is 3. The summed E-state index contributed by atoms with van der Waals surface area (Å²) in [6.07, 6.45) is 2.61. The highest BCUT2D eigenvalue weighted by Crippen LogP contribution is 2.29. The summed E-state index contributed by atoms with van der Waals surface area (Å²) in [4.78, 5) is 2.53. The molecule has 4 heteroatoms. The highest BCUT2D eigenvalue weighted by atomic mass is 15.4. The third kappa shape index (κ3) is 3.35. The number of aromatic nitrogens is 2. The fourth-order valence-corrected chi connectivity index (χ4v) is 3.14. The molecular weight excluding hydrogens is 248 g/mol. The molecule has 4 nitrogen and oxygen atoms in total. The Morgan fingerprint density at radius 1 is 1.40 bits per heavy atom. The van der Waals surface area contributed by atoms with Crippen LogP contribution in [0, 0.1) is 18.8 Å². The Morgan fingerprint density at radius 2 is 2.15 bits per heavy atom. The minimum absolute atomic E-state index is 0.687. The molecule has 2 rings (SSSR count). The van der Waals surface area contributed by atoms with Crippen LogP contribution in [0.5, 0.6) is 0 Å². The van der Waals surface area contributed by atoms with Crippen molar-refractivity contribution in [3.05, 3.63) is 11.3 Å². The SMILES string of the molecule is CCC1CCN(c2c(CNCC(C)C)c(C)nn2C)C1. The van der Waals surface area contributed by atoms with Gasteiger partial charge in [0.1, 0.15) is 5.82 Å². The van der Waals surface area contributed by atoms with Gasteiger partial charge in [0.15, 0.2) is 0 Å². The smallest absolute Gasteiger partial charge is 0.131 e. The molecule has 20 heavy (non-hydrogen) atoms. The lowest BCUT2D eigenvalue weighted by atomic mass is 10.1. The summed E-state index contributed by atoms with van der Waals surface area (Å²) in [5.41, 5.74) is 2.55. The van der Waals surface area contributed by atoms with E-state index >= 15 is 0 Å². The first-order chi connectivity index (χ1) is 9.52. The zero-order chi connectivity index (χ0) is 14.7. The van der Waals surface area contributed by atoms with E-state index in [1.807, 2.05) is 0 Å². The molecule has 0 aromatic carbocycles. The van der Waals surface area contributed by atoms with Gasteiger partial charge < -0.3 is 10.2 Å². The molecule has 1 aromatic rings. The lowest BCUT2D eigenvalue weighted by Crippen LogP contribution is -2.25. The molecule has 1 saturated heterocycles. The summed E-state index contributed by atoms with van der Waals surface area (Å²) in [5.74, 6) is 2.86. The quantitative estimate of drug-likeness (QED) is 0.868. The third-order valence-corrected chi connectivity index (χ3v) is 4.33. The molecule has 0 aliphatic carbocycles. The van der Waals surface area contributed by atoms with Crippen LogP contribution in [0.1, 0.15) is 44.9 Å². The lowest BCUT2D eigenvalue weighted by Gasteiger charge is -2.21. The molecule has 0 spiro atoms. The Morgan fingerprint density at radius 3 is 2.75 bits per heavy atom. The average Bonchev–Trinajstić information content (AvgIpc) is 2.94. The molecule has 1 aliphatic heterocycles.